The van der Waals surface area contributed by atoms with E-state index in [4.69, 9.17) is 4.74 Å². The zero-order chi connectivity index (χ0) is 22.2. The molecular weight excluding hydrogens is 370 g/mol. The van der Waals surface area contributed by atoms with Crippen molar-refractivity contribution in [1.29, 1.82) is 0 Å². The fourth-order valence-electron chi connectivity index (χ4n) is 5.15. The van der Waals surface area contributed by atoms with Crippen LogP contribution in [0.1, 0.15) is 105 Å². The van der Waals surface area contributed by atoms with E-state index in [1.165, 1.54) is 82.7 Å². The third-order valence-corrected chi connectivity index (χ3v) is 7.06. The third-order valence-electron chi connectivity index (χ3n) is 7.06. The van der Waals surface area contributed by atoms with E-state index in [-0.39, 0.29) is 11.9 Å². The third kappa shape index (κ3) is 8.96. The van der Waals surface area contributed by atoms with E-state index in [1.54, 1.807) is 0 Å². The van der Waals surface area contributed by atoms with Crippen LogP contribution in [0.3, 0.4) is 0 Å². The number of carbonyl (C=O) groups is 1. The van der Waals surface area contributed by atoms with Crippen molar-refractivity contribution < 1.29 is 14.0 Å². The Kier molecular flexibility index (Phi) is 14.1. The van der Waals surface area contributed by atoms with E-state index in [2.05, 4.69) is 32.6 Å². The van der Waals surface area contributed by atoms with Crippen LogP contribution in [0.25, 0.3) is 0 Å². The number of allylic oxidation sites excluding steroid dienone is 2. The van der Waals surface area contributed by atoms with Crippen molar-refractivity contribution in [3.63, 3.8) is 0 Å². The SMILES string of the molecule is C=CC1CC[N+](CCCCCCCCCCCC)(C(=CC)C(C)C(=O)OCC)CC1. The van der Waals surface area contributed by atoms with Gasteiger partial charge in [-0.05, 0) is 45.6 Å². The maximum Gasteiger partial charge on any atom is 0.318 e. The molecule has 0 aliphatic carbocycles. The van der Waals surface area contributed by atoms with Crippen LogP contribution in [0.4, 0.5) is 0 Å². The number of rotatable bonds is 16. The van der Waals surface area contributed by atoms with Crippen molar-refractivity contribution in [1.82, 2.24) is 0 Å². The normalized spacial score (nSPS) is 23.2. The maximum absolute atomic E-state index is 12.5. The summed E-state index contributed by atoms with van der Waals surface area (Å²) in [6.45, 7) is 16.2. The summed E-state index contributed by atoms with van der Waals surface area (Å²) in [5.74, 6) is 0.398. The van der Waals surface area contributed by atoms with E-state index in [1.807, 2.05) is 13.8 Å². The lowest BCUT2D eigenvalue weighted by molar-refractivity contribution is -0.900. The average molecular weight is 421 g/mol. The summed E-state index contributed by atoms with van der Waals surface area (Å²) in [5.41, 5.74) is 1.27. The molecule has 174 valence electrons. The predicted molar refractivity (Wildman–Crippen MR) is 129 cm³/mol. The number of esters is 1. The maximum atomic E-state index is 12.5. The van der Waals surface area contributed by atoms with Gasteiger partial charge in [-0.25, -0.2) is 0 Å². The molecule has 0 radical (unpaired) electrons. The van der Waals surface area contributed by atoms with Crippen LogP contribution < -0.4 is 0 Å². The molecule has 1 aliphatic rings. The van der Waals surface area contributed by atoms with E-state index in [0.717, 1.165) is 24.1 Å². The highest BCUT2D eigenvalue weighted by atomic mass is 16.5. The number of carbonyl (C=O) groups excluding carboxylic acids is 1. The lowest BCUT2D eigenvalue weighted by atomic mass is 9.91. The number of piperidine rings is 1. The Bertz CT molecular complexity index is 503. The molecule has 1 aliphatic heterocycles. The summed E-state index contributed by atoms with van der Waals surface area (Å²) in [6, 6.07) is 0. The van der Waals surface area contributed by atoms with Gasteiger partial charge in [0.25, 0.3) is 0 Å². The molecule has 0 bridgehead atoms. The summed E-state index contributed by atoms with van der Waals surface area (Å²) < 4.78 is 6.35. The summed E-state index contributed by atoms with van der Waals surface area (Å²) >= 11 is 0. The number of quaternary nitrogens is 1. The first kappa shape index (κ1) is 26.9. The number of unbranched alkanes of at least 4 members (excludes halogenated alkanes) is 9. The monoisotopic (exact) mass is 420 g/mol. The van der Waals surface area contributed by atoms with Crippen LogP contribution >= 0.6 is 0 Å². The zero-order valence-electron chi connectivity index (χ0n) is 20.6. The highest BCUT2D eigenvalue weighted by Gasteiger charge is 2.40. The van der Waals surface area contributed by atoms with Crippen molar-refractivity contribution >= 4 is 5.97 Å². The Balaban J connectivity index is 2.57. The quantitative estimate of drug-likeness (QED) is 0.112. The van der Waals surface area contributed by atoms with Gasteiger partial charge in [0, 0.05) is 12.8 Å². The van der Waals surface area contributed by atoms with Gasteiger partial charge in [-0.15, -0.1) is 6.58 Å². The molecule has 1 heterocycles. The van der Waals surface area contributed by atoms with Gasteiger partial charge >= 0.3 is 5.97 Å². The fraction of sp³-hybridized carbons (Fsp3) is 0.815. The standard InChI is InChI=1S/C27H50NO2/c1-6-10-11-12-13-14-15-16-17-18-21-28(22-19-25(7-2)20-23-28)26(8-3)24(5)27(29)30-9-4/h7-8,24-25H,2,6,9-23H2,1,3-5H3/q+1. The highest BCUT2D eigenvalue weighted by molar-refractivity contribution is 5.74. The molecule has 3 nitrogen and oxygen atoms in total. The molecule has 1 atom stereocenters. The summed E-state index contributed by atoms with van der Waals surface area (Å²) in [4.78, 5) is 12.5. The number of hydrogen-bond acceptors (Lipinski definition) is 2. The van der Waals surface area contributed by atoms with Gasteiger partial charge in [-0.3, -0.25) is 9.28 Å². The lowest BCUT2D eigenvalue weighted by Gasteiger charge is -2.45. The Labute approximate surface area is 187 Å². The molecule has 30 heavy (non-hydrogen) atoms. The van der Waals surface area contributed by atoms with Crippen LogP contribution in [0, 0.1) is 11.8 Å². The number of likely N-dealkylation sites (tertiary alicyclic amines) is 1. The van der Waals surface area contributed by atoms with Crippen LogP contribution in [-0.4, -0.2) is 36.7 Å². The topological polar surface area (TPSA) is 26.3 Å². The molecule has 0 saturated carbocycles. The van der Waals surface area contributed by atoms with Gasteiger partial charge in [-0.1, -0.05) is 64.4 Å². The van der Waals surface area contributed by atoms with E-state index < -0.39 is 0 Å². The fourth-order valence-corrected chi connectivity index (χ4v) is 5.15. The van der Waals surface area contributed by atoms with Gasteiger partial charge in [0.15, 0.2) is 0 Å². The highest BCUT2D eigenvalue weighted by Crippen LogP contribution is 2.34. The van der Waals surface area contributed by atoms with Gasteiger partial charge in [0.2, 0.25) is 0 Å². The molecule has 3 heteroatoms. The zero-order valence-corrected chi connectivity index (χ0v) is 20.6. The van der Waals surface area contributed by atoms with Crippen molar-refractivity contribution in [2.45, 2.75) is 105 Å². The Morgan fingerprint density at radius 2 is 1.53 bits per heavy atom. The average Bonchev–Trinajstić information content (AvgIpc) is 2.76. The first-order chi connectivity index (χ1) is 14.5. The first-order valence-electron chi connectivity index (χ1n) is 12.9. The largest absolute Gasteiger partial charge is 0.465 e. The van der Waals surface area contributed by atoms with Crippen LogP contribution in [0.2, 0.25) is 0 Å². The van der Waals surface area contributed by atoms with Gasteiger partial charge in [0.05, 0.1) is 26.2 Å². The molecule has 0 amide bonds. The van der Waals surface area contributed by atoms with E-state index >= 15 is 0 Å². The van der Waals surface area contributed by atoms with Crippen molar-refractivity contribution in [3.05, 3.63) is 24.4 Å². The minimum absolute atomic E-state index is 0.0722. The van der Waals surface area contributed by atoms with E-state index in [9.17, 15) is 4.79 Å². The predicted octanol–water partition coefficient (Wildman–Crippen LogP) is 7.42. The van der Waals surface area contributed by atoms with E-state index in [0.29, 0.717) is 12.5 Å². The van der Waals surface area contributed by atoms with Gasteiger partial charge in [-0.2, -0.15) is 0 Å². The first-order valence-corrected chi connectivity index (χ1v) is 12.9. The molecular formula is C27H50NO2+. The molecule has 1 fully saturated rings. The van der Waals surface area contributed by atoms with Crippen molar-refractivity contribution in [2.24, 2.45) is 11.8 Å². The number of nitrogens with zero attached hydrogens (tertiary/aromatic N) is 1. The molecule has 0 aromatic heterocycles. The molecule has 1 unspecified atom stereocenters. The molecule has 1 rings (SSSR count). The molecule has 0 aromatic carbocycles. The molecule has 0 spiro atoms. The van der Waals surface area contributed by atoms with Gasteiger partial charge in [0.1, 0.15) is 11.6 Å². The number of ether oxygens (including phenoxy) is 1. The smallest absolute Gasteiger partial charge is 0.318 e. The minimum atomic E-state index is -0.154. The van der Waals surface area contributed by atoms with Crippen molar-refractivity contribution in [3.8, 4) is 0 Å². The Hall–Kier alpha value is -1.09. The van der Waals surface area contributed by atoms with Gasteiger partial charge < -0.3 is 4.74 Å². The van der Waals surface area contributed by atoms with Crippen molar-refractivity contribution in [2.75, 3.05) is 26.2 Å². The number of hydrogen-bond donors (Lipinski definition) is 0. The minimum Gasteiger partial charge on any atom is -0.465 e. The second kappa shape index (κ2) is 15.7. The van der Waals surface area contributed by atoms with Crippen LogP contribution in [-0.2, 0) is 9.53 Å². The second-order valence-electron chi connectivity index (χ2n) is 9.26. The van der Waals surface area contributed by atoms with Crippen LogP contribution in [0.15, 0.2) is 24.4 Å². The molecule has 1 saturated heterocycles. The second-order valence-corrected chi connectivity index (χ2v) is 9.26. The summed E-state index contributed by atoms with van der Waals surface area (Å²) in [6.07, 6.45) is 20.3. The van der Waals surface area contributed by atoms with Crippen LogP contribution in [0.5, 0.6) is 0 Å². The summed E-state index contributed by atoms with van der Waals surface area (Å²) in [5, 5.41) is 0. The molecule has 0 N–H and O–H groups in total. The molecule has 0 aromatic rings. The Morgan fingerprint density at radius 3 is 2.00 bits per heavy atom. The summed E-state index contributed by atoms with van der Waals surface area (Å²) in [7, 11) is 0. The Morgan fingerprint density at radius 1 is 1.00 bits per heavy atom. The lowest BCUT2D eigenvalue weighted by Crippen LogP contribution is -2.54.